The number of piperidine rings is 1. The van der Waals surface area contributed by atoms with Crippen molar-refractivity contribution in [3.63, 3.8) is 0 Å². The van der Waals surface area contributed by atoms with Crippen LogP contribution in [0.3, 0.4) is 0 Å². The second-order valence-corrected chi connectivity index (χ2v) is 13.0. The van der Waals surface area contributed by atoms with Crippen molar-refractivity contribution in [2.75, 3.05) is 25.0 Å². The van der Waals surface area contributed by atoms with Gasteiger partial charge in [0.15, 0.2) is 0 Å². The summed E-state index contributed by atoms with van der Waals surface area (Å²) >= 11 is 1.84. The minimum Gasteiger partial charge on any atom is -0.385 e. The number of anilines is 1. The van der Waals surface area contributed by atoms with Crippen molar-refractivity contribution in [3.05, 3.63) is 24.3 Å². The Morgan fingerprint density at radius 1 is 1.07 bits per heavy atom. The lowest BCUT2D eigenvalue weighted by Gasteiger charge is -2.31. The van der Waals surface area contributed by atoms with Crippen molar-refractivity contribution in [2.24, 2.45) is 5.92 Å². The molecule has 1 saturated heterocycles. The molecule has 0 unspecified atom stereocenters. The smallest absolute Gasteiger partial charge is 0.243 e. The Labute approximate surface area is 181 Å². The molecule has 1 aliphatic carbocycles. The van der Waals surface area contributed by atoms with Crippen LogP contribution in [-0.2, 0) is 10.0 Å². The predicted octanol–water partition coefficient (Wildman–Crippen LogP) is 4.87. The molecule has 1 aromatic rings. The van der Waals surface area contributed by atoms with Crippen LogP contribution in [0.5, 0.6) is 0 Å². The second kappa shape index (κ2) is 10.0. The summed E-state index contributed by atoms with van der Waals surface area (Å²) in [5.41, 5.74) is 0.909. The van der Waals surface area contributed by atoms with Gasteiger partial charge in [-0.15, -0.1) is 0 Å². The van der Waals surface area contributed by atoms with Crippen LogP contribution in [0.2, 0.25) is 0 Å². The van der Waals surface area contributed by atoms with Gasteiger partial charge in [-0.05, 0) is 83.4 Å². The zero-order chi connectivity index (χ0) is 20.9. The fourth-order valence-electron chi connectivity index (χ4n) is 4.03. The van der Waals surface area contributed by atoms with Crippen LogP contribution >= 0.6 is 11.9 Å². The molecule has 164 valence electrons. The van der Waals surface area contributed by atoms with Gasteiger partial charge in [-0.3, -0.25) is 4.72 Å². The highest BCUT2D eigenvalue weighted by atomic mass is 32.2. The van der Waals surface area contributed by atoms with E-state index in [1.165, 1.54) is 25.7 Å². The molecule has 0 spiro atoms. The minimum atomic E-state index is -3.37. The molecular formula is C22H37N3O2S2. The molecule has 0 atom stereocenters. The number of nitrogens with zero attached hydrogens (tertiary/aromatic N) is 1. The van der Waals surface area contributed by atoms with E-state index >= 15 is 0 Å². The van der Waals surface area contributed by atoms with E-state index in [9.17, 15) is 8.42 Å². The van der Waals surface area contributed by atoms with E-state index in [4.69, 9.17) is 0 Å². The molecule has 5 nitrogen and oxygen atoms in total. The normalized spacial score (nSPS) is 24.4. The third kappa shape index (κ3) is 6.88. The van der Waals surface area contributed by atoms with Crippen LogP contribution in [0.15, 0.2) is 29.2 Å². The number of rotatable bonds is 7. The third-order valence-corrected chi connectivity index (χ3v) is 8.72. The van der Waals surface area contributed by atoms with Gasteiger partial charge in [0.2, 0.25) is 10.0 Å². The first-order chi connectivity index (χ1) is 13.7. The lowest BCUT2D eigenvalue weighted by molar-refractivity contribution is 0.328. The van der Waals surface area contributed by atoms with E-state index in [0.29, 0.717) is 29.9 Å². The molecule has 7 heteroatoms. The molecule has 1 aliphatic heterocycles. The van der Waals surface area contributed by atoms with Crippen LogP contribution in [0.25, 0.3) is 0 Å². The van der Waals surface area contributed by atoms with Crippen LogP contribution < -0.4 is 10.0 Å². The van der Waals surface area contributed by atoms with Gasteiger partial charge < -0.3 is 5.32 Å². The average Bonchev–Trinajstić information content (AvgIpc) is 2.72. The third-order valence-electron chi connectivity index (χ3n) is 5.76. The van der Waals surface area contributed by atoms with Gasteiger partial charge in [0.1, 0.15) is 0 Å². The summed E-state index contributed by atoms with van der Waals surface area (Å²) in [6.07, 6.45) is 7.88. The molecule has 0 amide bonds. The lowest BCUT2D eigenvalue weighted by atomic mass is 9.86. The van der Waals surface area contributed by atoms with Crippen molar-refractivity contribution < 1.29 is 8.42 Å². The van der Waals surface area contributed by atoms with Gasteiger partial charge in [0.05, 0.1) is 4.90 Å². The van der Waals surface area contributed by atoms with Crippen LogP contribution in [-0.4, -0.2) is 43.1 Å². The fraction of sp³-hybridized carbons (Fsp3) is 0.727. The van der Waals surface area contributed by atoms with Crippen molar-refractivity contribution >= 4 is 27.7 Å². The topological polar surface area (TPSA) is 61.4 Å². The Bertz CT molecular complexity index is 748. The first-order valence-corrected chi connectivity index (χ1v) is 13.3. The second-order valence-electron chi connectivity index (χ2n) is 9.42. The molecule has 0 radical (unpaired) electrons. The summed E-state index contributed by atoms with van der Waals surface area (Å²) in [6.45, 7) is 8.90. The summed E-state index contributed by atoms with van der Waals surface area (Å²) in [6, 6.07) is 7.95. The predicted molar refractivity (Wildman–Crippen MR) is 124 cm³/mol. The van der Waals surface area contributed by atoms with Gasteiger partial charge in [-0.25, -0.2) is 8.42 Å². The Hall–Kier alpha value is -0.760. The Morgan fingerprint density at radius 2 is 1.76 bits per heavy atom. The zero-order valence-corrected chi connectivity index (χ0v) is 19.7. The molecule has 1 aromatic carbocycles. The average molecular weight is 440 g/mol. The molecule has 2 aliphatic rings. The molecular weight excluding hydrogens is 402 g/mol. The van der Waals surface area contributed by atoms with Gasteiger partial charge in [0, 0.05) is 36.1 Å². The quantitative estimate of drug-likeness (QED) is 0.594. The lowest BCUT2D eigenvalue weighted by Crippen LogP contribution is -2.35. The molecule has 0 bridgehead atoms. The number of benzene rings is 1. The van der Waals surface area contributed by atoms with Crippen molar-refractivity contribution in [1.82, 2.24) is 9.03 Å². The molecule has 0 aromatic heterocycles. The number of sulfonamides is 1. The first kappa shape index (κ1) is 22.9. The Balaban J connectivity index is 1.49. The van der Waals surface area contributed by atoms with E-state index in [0.717, 1.165) is 31.5 Å². The van der Waals surface area contributed by atoms with E-state index in [2.05, 4.69) is 30.8 Å². The first-order valence-electron chi connectivity index (χ1n) is 11.0. The summed E-state index contributed by atoms with van der Waals surface area (Å²) in [5.74, 6) is 0.648. The Kier molecular flexibility index (Phi) is 7.93. The summed E-state index contributed by atoms with van der Waals surface area (Å²) in [7, 11) is -3.37. The van der Waals surface area contributed by atoms with Crippen LogP contribution in [0, 0.1) is 5.92 Å². The molecule has 1 heterocycles. The highest BCUT2D eigenvalue weighted by Crippen LogP contribution is 2.29. The standard InChI is InChI=1S/C22H37N3O2S2/c1-22(2,3)28-24-19-12-10-18(11-13-19)17-23-20-8-7-9-21(16-20)29(26,27)25-14-5-4-6-15-25/h7-9,16,18-19,23-24H,4-6,10-15,17H2,1-3H3/t18-,19-. The SMILES string of the molecule is CC(C)(C)SN[C@H]1CC[C@H](CNc2cccc(S(=O)(=O)N3CCCCC3)c2)CC1. The van der Waals surface area contributed by atoms with Crippen LogP contribution in [0.4, 0.5) is 5.69 Å². The molecule has 3 rings (SSSR count). The van der Waals surface area contributed by atoms with Crippen LogP contribution in [0.1, 0.15) is 65.7 Å². The molecule has 1 saturated carbocycles. The monoisotopic (exact) mass is 439 g/mol. The van der Waals surface area contributed by atoms with E-state index < -0.39 is 10.0 Å². The number of nitrogens with one attached hydrogen (secondary N) is 2. The maximum atomic E-state index is 12.9. The summed E-state index contributed by atoms with van der Waals surface area (Å²) in [4.78, 5) is 0.413. The number of hydrogen-bond donors (Lipinski definition) is 2. The largest absolute Gasteiger partial charge is 0.385 e. The van der Waals surface area contributed by atoms with Gasteiger partial charge in [-0.1, -0.05) is 24.4 Å². The minimum absolute atomic E-state index is 0.248. The zero-order valence-electron chi connectivity index (χ0n) is 18.1. The highest BCUT2D eigenvalue weighted by Gasteiger charge is 2.26. The van der Waals surface area contributed by atoms with E-state index in [1.807, 2.05) is 24.1 Å². The molecule has 2 fully saturated rings. The highest BCUT2D eigenvalue weighted by molar-refractivity contribution is 7.98. The maximum absolute atomic E-state index is 12.9. The maximum Gasteiger partial charge on any atom is 0.243 e. The number of hydrogen-bond acceptors (Lipinski definition) is 5. The summed E-state index contributed by atoms with van der Waals surface area (Å²) < 4.78 is 31.3. The van der Waals surface area contributed by atoms with Crippen molar-refractivity contribution in [3.8, 4) is 0 Å². The van der Waals surface area contributed by atoms with Crippen molar-refractivity contribution in [2.45, 2.75) is 81.4 Å². The van der Waals surface area contributed by atoms with E-state index in [1.54, 1.807) is 16.4 Å². The Morgan fingerprint density at radius 3 is 2.41 bits per heavy atom. The van der Waals surface area contributed by atoms with Gasteiger partial charge >= 0.3 is 0 Å². The molecule has 29 heavy (non-hydrogen) atoms. The van der Waals surface area contributed by atoms with Gasteiger partial charge in [0.25, 0.3) is 0 Å². The van der Waals surface area contributed by atoms with Gasteiger partial charge in [-0.2, -0.15) is 4.31 Å². The summed E-state index contributed by atoms with van der Waals surface area (Å²) in [5, 5.41) is 3.49. The van der Waals surface area contributed by atoms with Crippen molar-refractivity contribution in [1.29, 1.82) is 0 Å². The fourth-order valence-corrected chi connectivity index (χ4v) is 6.35. The molecule has 2 N–H and O–H groups in total. The van der Waals surface area contributed by atoms with E-state index in [-0.39, 0.29) is 4.75 Å².